The second-order valence-electron chi connectivity index (χ2n) is 8.35. The standard InChI is InChI=1S/C21H24F2N6O4/c22-21(23)6-2-7-27(12-21)20(33)25-13-4-5-16-15(9-13)18(19(24)32)26-29(16)10-17(31)28-8-1-3-14(28)11-30/h4-5,9,11,14H,1-3,6-8,10,12H2,(H2,24,32)(H,25,33). The zero-order valence-corrected chi connectivity index (χ0v) is 17.8. The van der Waals surface area contributed by atoms with E-state index in [2.05, 4.69) is 10.4 Å². The number of primary amides is 1. The summed E-state index contributed by atoms with van der Waals surface area (Å²) < 4.78 is 28.6. The highest BCUT2D eigenvalue weighted by Crippen LogP contribution is 2.28. The molecule has 1 aromatic carbocycles. The molecular formula is C21H24F2N6O4. The van der Waals surface area contributed by atoms with Crippen LogP contribution in [0, 0.1) is 0 Å². The van der Waals surface area contributed by atoms with E-state index in [0.717, 1.165) is 17.6 Å². The summed E-state index contributed by atoms with van der Waals surface area (Å²) in [5.74, 6) is -4.06. The van der Waals surface area contributed by atoms with Crippen LogP contribution in [0.25, 0.3) is 10.9 Å². The fourth-order valence-electron chi connectivity index (χ4n) is 4.36. The van der Waals surface area contributed by atoms with E-state index in [0.29, 0.717) is 23.9 Å². The van der Waals surface area contributed by atoms with E-state index in [4.69, 9.17) is 5.73 Å². The van der Waals surface area contributed by atoms with Crippen molar-refractivity contribution in [1.29, 1.82) is 0 Å². The molecule has 1 aromatic heterocycles. The maximum atomic E-state index is 13.6. The number of piperidine rings is 1. The van der Waals surface area contributed by atoms with E-state index >= 15 is 0 Å². The molecule has 1 unspecified atom stereocenters. The van der Waals surface area contributed by atoms with Gasteiger partial charge in [0.2, 0.25) is 5.91 Å². The van der Waals surface area contributed by atoms with Crippen molar-refractivity contribution in [3.05, 3.63) is 23.9 Å². The number of carbonyl (C=O) groups excluding carboxylic acids is 4. The summed E-state index contributed by atoms with van der Waals surface area (Å²) >= 11 is 0. The van der Waals surface area contributed by atoms with Crippen molar-refractivity contribution in [2.75, 3.05) is 25.0 Å². The number of likely N-dealkylation sites (tertiary alicyclic amines) is 2. The molecule has 10 nitrogen and oxygen atoms in total. The summed E-state index contributed by atoms with van der Waals surface area (Å²) in [6.45, 7) is -0.168. The number of nitrogens with one attached hydrogen (secondary N) is 1. The van der Waals surface area contributed by atoms with Gasteiger partial charge in [0.15, 0.2) is 5.69 Å². The number of alkyl halides is 2. The van der Waals surface area contributed by atoms with Crippen molar-refractivity contribution >= 4 is 40.7 Å². The number of carbonyl (C=O) groups is 4. The first-order valence-corrected chi connectivity index (χ1v) is 10.7. The number of aldehydes is 1. The van der Waals surface area contributed by atoms with Gasteiger partial charge in [-0.2, -0.15) is 5.10 Å². The molecule has 2 fully saturated rings. The summed E-state index contributed by atoms with van der Waals surface area (Å²) in [6, 6.07) is 3.40. The number of nitrogens with zero attached hydrogens (tertiary/aromatic N) is 4. The van der Waals surface area contributed by atoms with Gasteiger partial charge in [0, 0.05) is 30.6 Å². The minimum Gasteiger partial charge on any atom is -0.364 e. The van der Waals surface area contributed by atoms with Crippen LogP contribution < -0.4 is 11.1 Å². The molecule has 0 spiro atoms. The fraction of sp³-hybridized carbons (Fsp3) is 0.476. The lowest BCUT2D eigenvalue weighted by atomic mass is 10.1. The van der Waals surface area contributed by atoms with E-state index in [9.17, 15) is 28.0 Å². The molecule has 2 aromatic rings. The van der Waals surface area contributed by atoms with Crippen LogP contribution in [0.3, 0.4) is 0 Å². The molecule has 2 aliphatic rings. The van der Waals surface area contributed by atoms with Gasteiger partial charge in [-0.05, 0) is 37.5 Å². The SMILES string of the molecule is NC(=O)c1nn(CC(=O)N2CCCC2C=O)c2ccc(NC(=O)N3CCCC(F)(F)C3)cc12. The molecule has 0 saturated carbocycles. The van der Waals surface area contributed by atoms with Crippen molar-refractivity contribution in [1.82, 2.24) is 19.6 Å². The quantitative estimate of drug-likeness (QED) is 0.652. The van der Waals surface area contributed by atoms with Crippen molar-refractivity contribution in [2.45, 2.75) is 44.2 Å². The van der Waals surface area contributed by atoms with Crippen molar-refractivity contribution < 1.29 is 28.0 Å². The Morgan fingerprint density at radius 1 is 1.24 bits per heavy atom. The summed E-state index contributed by atoms with van der Waals surface area (Å²) in [5.41, 5.74) is 6.07. The van der Waals surface area contributed by atoms with Crippen LogP contribution in [0.5, 0.6) is 0 Å². The Labute approximate surface area is 187 Å². The summed E-state index contributed by atoms with van der Waals surface area (Å²) in [4.78, 5) is 50.8. The Kier molecular flexibility index (Phi) is 6.00. The second kappa shape index (κ2) is 8.75. The number of hydrogen-bond acceptors (Lipinski definition) is 5. The molecule has 0 aliphatic carbocycles. The van der Waals surface area contributed by atoms with Gasteiger partial charge in [-0.1, -0.05) is 0 Å². The second-order valence-corrected chi connectivity index (χ2v) is 8.35. The lowest BCUT2D eigenvalue weighted by molar-refractivity contribution is -0.135. The molecule has 12 heteroatoms. The molecule has 0 radical (unpaired) electrons. The van der Waals surface area contributed by atoms with E-state index in [1.807, 2.05) is 0 Å². The highest BCUT2D eigenvalue weighted by molar-refractivity contribution is 6.06. The first-order chi connectivity index (χ1) is 15.7. The lowest BCUT2D eigenvalue weighted by Crippen LogP contribution is -2.47. The molecule has 2 saturated heterocycles. The smallest absolute Gasteiger partial charge is 0.322 e. The average molecular weight is 462 g/mol. The Morgan fingerprint density at radius 3 is 2.73 bits per heavy atom. The summed E-state index contributed by atoms with van der Waals surface area (Å²) in [5, 5.41) is 7.04. The minimum absolute atomic E-state index is 0.0910. The Hall–Kier alpha value is -3.57. The molecule has 0 bridgehead atoms. The number of amides is 4. The molecule has 3 N–H and O–H groups in total. The predicted molar refractivity (Wildman–Crippen MR) is 114 cm³/mol. The third-order valence-corrected chi connectivity index (χ3v) is 5.98. The molecule has 176 valence electrons. The maximum Gasteiger partial charge on any atom is 0.322 e. The van der Waals surface area contributed by atoms with Crippen LogP contribution in [0.2, 0.25) is 0 Å². The van der Waals surface area contributed by atoms with Crippen LogP contribution in [0.4, 0.5) is 19.3 Å². The molecular weight excluding hydrogens is 438 g/mol. The number of hydrogen-bond donors (Lipinski definition) is 2. The Bertz CT molecular complexity index is 1120. The Morgan fingerprint density at radius 2 is 2.03 bits per heavy atom. The third kappa shape index (κ3) is 4.64. The van der Waals surface area contributed by atoms with Crippen molar-refractivity contribution in [3.8, 4) is 0 Å². The van der Waals surface area contributed by atoms with Gasteiger partial charge >= 0.3 is 6.03 Å². The number of fused-ring (bicyclic) bond motifs is 1. The van der Waals surface area contributed by atoms with E-state index in [1.165, 1.54) is 21.7 Å². The molecule has 3 heterocycles. The van der Waals surface area contributed by atoms with Gasteiger partial charge in [-0.25, -0.2) is 13.6 Å². The maximum absolute atomic E-state index is 13.6. The van der Waals surface area contributed by atoms with Gasteiger partial charge in [0.05, 0.1) is 18.1 Å². The topological polar surface area (TPSA) is 131 Å². The zero-order valence-electron chi connectivity index (χ0n) is 17.8. The number of aromatic nitrogens is 2. The number of halogens is 2. The van der Waals surface area contributed by atoms with Crippen LogP contribution in [0.15, 0.2) is 18.2 Å². The molecule has 1 atom stereocenters. The van der Waals surface area contributed by atoms with E-state index in [1.54, 1.807) is 6.07 Å². The van der Waals surface area contributed by atoms with E-state index < -0.39 is 30.4 Å². The van der Waals surface area contributed by atoms with Gasteiger partial charge < -0.3 is 25.6 Å². The molecule has 2 aliphatic heterocycles. The summed E-state index contributed by atoms with van der Waals surface area (Å²) in [6.07, 6.45) is 2.02. The van der Waals surface area contributed by atoms with Gasteiger partial charge in [0.25, 0.3) is 11.8 Å². The van der Waals surface area contributed by atoms with Crippen LogP contribution in [-0.2, 0) is 16.1 Å². The molecule has 4 amide bonds. The van der Waals surface area contributed by atoms with Crippen LogP contribution in [-0.4, -0.2) is 75.3 Å². The van der Waals surface area contributed by atoms with Crippen molar-refractivity contribution in [3.63, 3.8) is 0 Å². The predicted octanol–water partition coefficient (Wildman–Crippen LogP) is 1.59. The van der Waals surface area contributed by atoms with Crippen LogP contribution >= 0.6 is 0 Å². The number of anilines is 1. The first kappa shape index (κ1) is 22.6. The average Bonchev–Trinajstić information content (AvgIpc) is 3.37. The Balaban J connectivity index is 1.56. The normalized spacial score (nSPS) is 20.1. The fourth-order valence-corrected chi connectivity index (χ4v) is 4.36. The van der Waals surface area contributed by atoms with Crippen molar-refractivity contribution in [2.24, 2.45) is 5.73 Å². The lowest BCUT2D eigenvalue weighted by Gasteiger charge is -2.32. The van der Waals surface area contributed by atoms with Gasteiger partial charge in [-0.15, -0.1) is 0 Å². The van der Waals surface area contributed by atoms with Gasteiger partial charge in [0.1, 0.15) is 12.8 Å². The molecule has 4 rings (SSSR count). The first-order valence-electron chi connectivity index (χ1n) is 10.7. The number of urea groups is 1. The number of benzene rings is 1. The minimum atomic E-state index is -2.93. The number of nitrogens with two attached hydrogens (primary N) is 1. The highest BCUT2D eigenvalue weighted by Gasteiger charge is 2.37. The third-order valence-electron chi connectivity index (χ3n) is 5.98. The molecule has 33 heavy (non-hydrogen) atoms. The highest BCUT2D eigenvalue weighted by atomic mass is 19.3. The number of rotatable bonds is 5. The summed E-state index contributed by atoms with van der Waals surface area (Å²) in [7, 11) is 0. The van der Waals surface area contributed by atoms with Crippen LogP contribution in [0.1, 0.15) is 36.2 Å². The zero-order chi connectivity index (χ0) is 23.8. The van der Waals surface area contributed by atoms with Gasteiger partial charge in [-0.3, -0.25) is 14.3 Å². The largest absolute Gasteiger partial charge is 0.364 e. The van der Waals surface area contributed by atoms with E-state index in [-0.39, 0.29) is 43.2 Å². The monoisotopic (exact) mass is 462 g/mol.